The second kappa shape index (κ2) is 6.99. The number of hydrogen-bond acceptors (Lipinski definition) is 4. The second-order valence-corrected chi connectivity index (χ2v) is 4.86. The summed E-state index contributed by atoms with van der Waals surface area (Å²) in [6.07, 6.45) is 0. The molecule has 2 N–H and O–H groups in total. The Morgan fingerprint density at radius 3 is 2.14 bits per heavy atom. The van der Waals surface area contributed by atoms with Gasteiger partial charge in [0.25, 0.3) is 0 Å². The third-order valence-corrected chi connectivity index (χ3v) is 3.45. The Bertz CT molecular complexity index is 559. The smallest absolute Gasteiger partial charge is 0.200 e. The lowest BCUT2D eigenvalue weighted by molar-refractivity contribution is 0.339. The lowest BCUT2D eigenvalue weighted by atomic mass is 10.1. The van der Waals surface area contributed by atoms with Gasteiger partial charge < -0.3 is 19.9 Å². The van der Waals surface area contributed by atoms with E-state index in [0.717, 1.165) is 5.56 Å². The van der Waals surface area contributed by atoms with Gasteiger partial charge in [-0.3, -0.25) is 0 Å². The van der Waals surface area contributed by atoms with Gasteiger partial charge in [-0.2, -0.15) is 0 Å². The Morgan fingerprint density at radius 2 is 1.62 bits per heavy atom. The molecule has 0 aliphatic carbocycles. The van der Waals surface area contributed by atoms with Crippen molar-refractivity contribution in [3.05, 3.63) is 53.6 Å². The molecule has 0 saturated heterocycles. The number of ether oxygens (including phenoxy) is 2. The standard InChI is InChI=1S/C17H21NO3/c1-12(14-7-5-4-6-8-14)18-11-13-9-15(20-2)17(19)16(10-13)21-3/h4-10,12,18-19H,11H2,1-3H3/t12-/m1/s1. The zero-order valence-corrected chi connectivity index (χ0v) is 12.6. The quantitative estimate of drug-likeness (QED) is 0.856. The van der Waals surface area contributed by atoms with Crippen molar-refractivity contribution < 1.29 is 14.6 Å². The molecule has 4 heteroatoms. The molecule has 2 rings (SSSR count). The van der Waals surface area contributed by atoms with E-state index in [1.807, 2.05) is 30.3 Å². The van der Waals surface area contributed by atoms with E-state index in [0.29, 0.717) is 18.0 Å². The Labute approximate surface area is 125 Å². The van der Waals surface area contributed by atoms with Gasteiger partial charge in [-0.25, -0.2) is 0 Å². The predicted molar refractivity (Wildman–Crippen MR) is 82.9 cm³/mol. The summed E-state index contributed by atoms with van der Waals surface area (Å²) in [6, 6.07) is 14.1. The molecule has 2 aromatic rings. The molecule has 1 atom stereocenters. The van der Waals surface area contributed by atoms with Crippen LogP contribution < -0.4 is 14.8 Å². The van der Waals surface area contributed by atoms with Crippen LogP contribution in [0.1, 0.15) is 24.1 Å². The lowest BCUT2D eigenvalue weighted by Gasteiger charge is -2.16. The summed E-state index contributed by atoms with van der Waals surface area (Å²) < 4.78 is 10.3. The highest BCUT2D eigenvalue weighted by molar-refractivity contribution is 5.52. The minimum absolute atomic E-state index is 0.0276. The maximum absolute atomic E-state index is 9.90. The molecule has 21 heavy (non-hydrogen) atoms. The first-order chi connectivity index (χ1) is 10.2. The number of nitrogens with one attached hydrogen (secondary N) is 1. The van der Waals surface area contributed by atoms with Crippen molar-refractivity contribution in [2.24, 2.45) is 0 Å². The largest absolute Gasteiger partial charge is 0.502 e. The molecule has 0 unspecified atom stereocenters. The fourth-order valence-corrected chi connectivity index (χ4v) is 2.18. The molecular formula is C17H21NO3. The van der Waals surface area contributed by atoms with E-state index >= 15 is 0 Å². The Balaban J connectivity index is 2.09. The fraction of sp³-hybridized carbons (Fsp3) is 0.294. The van der Waals surface area contributed by atoms with Crippen molar-refractivity contribution in [3.8, 4) is 17.2 Å². The number of rotatable bonds is 6. The Morgan fingerprint density at radius 1 is 1.05 bits per heavy atom. The molecule has 0 radical (unpaired) electrons. The van der Waals surface area contributed by atoms with E-state index in [9.17, 15) is 5.11 Å². The molecule has 112 valence electrons. The van der Waals surface area contributed by atoms with Gasteiger partial charge in [0.05, 0.1) is 14.2 Å². The molecule has 0 heterocycles. The first-order valence-electron chi connectivity index (χ1n) is 6.88. The summed E-state index contributed by atoms with van der Waals surface area (Å²) in [5.41, 5.74) is 2.22. The molecule has 0 saturated carbocycles. The van der Waals surface area contributed by atoms with E-state index in [2.05, 4.69) is 24.4 Å². The minimum atomic E-state index is 0.0276. The molecule has 0 amide bonds. The van der Waals surface area contributed by atoms with E-state index in [-0.39, 0.29) is 11.8 Å². The van der Waals surface area contributed by atoms with Gasteiger partial charge in [-0.15, -0.1) is 0 Å². The topological polar surface area (TPSA) is 50.7 Å². The molecule has 0 bridgehead atoms. The van der Waals surface area contributed by atoms with Gasteiger partial charge >= 0.3 is 0 Å². The summed E-state index contributed by atoms with van der Waals surface area (Å²) >= 11 is 0. The molecule has 0 fully saturated rings. The van der Waals surface area contributed by atoms with E-state index < -0.39 is 0 Å². The lowest BCUT2D eigenvalue weighted by Crippen LogP contribution is -2.18. The van der Waals surface area contributed by atoms with Crippen LogP contribution in [-0.4, -0.2) is 19.3 Å². The summed E-state index contributed by atoms with van der Waals surface area (Å²) in [6.45, 7) is 2.77. The first-order valence-corrected chi connectivity index (χ1v) is 6.88. The Hall–Kier alpha value is -2.20. The number of methoxy groups -OCH3 is 2. The monoisotopic (exact) mass is 287 g/mol. The molecule has 0 aromatic heterocycles. The third-order valence-electron chi connectivity index (χ3n) is 3.45. The highest BCUT2D eigenvalue weighted by atomic mass is 16.5. The molecular weight excluding hydrogens is 266 g/mol. The highest BCUT2D eigenvalue weighted by Crippen LogP contribution is 2.37. The van der Waals surface area contributed by atoms with Gasteiger partial charge in [0, 0.05) is 12.6 Å². The number of benzene rings is 2. The van der Waals surface area contributed by atoms with E-state index in [4.69, 9.17) is 9.47 Å². The fourth-order valence-electron chi connectivity index (χ4n) is 2.18. The van der Waals surface area contributed by atoms with Crippen LogP contribution >= 0.6 is 0 Å². The normalized spacial score (nSPS) is 12.0. The van der Waals surface area contributed by atoms with Gasteiger partial charge in [0.2, 0.25) is 5.75 Å². The molecule has 0 spiro atoms. The van der Waals surface area contributed by atoms with Crippen LogP contribution in [0.5, 0.6) is 17.2 Å². The highest BCUT2D eigenvalue weighted by Gasteiger charge is 2.12. The number of phenols is 1. The van der Waals surface area contributed by atoms with Crippen molar-refractivity contribution in [1.29, 1.82) is 0 Å². The van der Waals surface area contributed by atoms with Crippen LogP contribution in [0.25, 0.3) is 0 Å². The van der Waals surface area contributed by atoms with Crippen molar-refractivity contribution >= 4 is 0 Å². The molecule has 2 aromatic carbocycles. The van der Waals surface area contributed by atoms with Crippen molar-refractivity contribution in [3.63, 3.8) is 0 Å². The predicted octanol–water partition coefficient (Wildman–Crippen LogP) is 3.26. The number of aromatic hydroxyl groups is 1. The van der Waals surface area contributed by atoms with Crippen molar-refractivity contribution in [2.75, 3.05) is 14.2 Å². The van der Waals surface area contributed by atoms with Gasteiger partial charge in [0.1, 0.15) is 0 Å². The zero-order chi connectivity index (χ0) is 15.2. The minimum Gasteiger partial charge on any atom is -0.502 e. The maximum Gasteiger partial charge on any atom is 0.200 e. The van der Waals surface area contributed by atoms with Gasteiger partial charge in [-0.05, 0) is 30.2 Å². The van der Waals surface area contributed by atoms with E-state index in [1.165, 1.54) is 19.8 Å². The Kier molecular flexibility index (Phi) is 5.06. The molecule has 0 aliphatic rings. The summed E-state index contributed by atoms with van der Waals surface area (Å²) in [4.78, 5) is 0. The van der Waals surface area contributed by atoms with Crippen LogP contribution in [0.15, 0.2) is 42.5 Å². The van der Waals surface area contributed by atoms with Gasteiger partial charge in [-0.1, -0.05) is 30.3 Å². The first kappa shape index (κ1) is 15.2. The van der Waals surface area contributed by atoms with Crippen LogP contribution in [0.2, 0.25) is 0 Å². The van der Waals surface area contributed by atoms with Crippen LogP contribution in [-0.2, 0) is 6.54 Å². The summed E-state index contributed by atoms with van der Waals surface area (Å²) in [5.74, 6) is 0.858. The van der Waals surface area contributed by atoms with Crippen molar-refractivity contribution in [1.82, 2.24) is 5.32 Å². The SMILES string of the molecule is COc1cc(CN[C@H](C)c2ccccc2)cc(OC)c1O. The maximum atomic E-state index is 9.90. The summed E-state index contributed by atoms with van der Waals surface area (Å²) in [7, 11) is 3.05. The third kappa shape index (κ3) is 3.67. The number of phenolic OH excluding ortho intramolecular Hbond substituents is 1. The second-order valence-electron chi connectivity index (χ2n) is 4.86. The van der Waals surface area contributed by atoms with Crippen molar-refractivity contribution in [2.45, 2.75) is 19.5 Å². The number of hydrogen-bond donors (Lipinski definition) is 2. The van der Waals surface area contributed by atoms with Gasteiger partial charge in [0.15, 0.2) is 11.5 Å². The zero-order valence-electron chi connectivity index (χ0n) is 12.6. The molecule has 0 aliphatic heterocycles. The van der Waals surface area contributed by atoms with E-state index in [1.54, 1.807) is 0 Å². The van der Waals surface area contributed by atoms with Crippen LogP contribution in [0.4, 0.5) is 0 Å². The average molecular weight is 287 g/mol. The van der Waals surface area contributed by atoms with Crippen LogP contribution in [0.3, 0.4) is 0 Å². The summed E-state index contributed by atoms with van der Waals surface area (Å²) in [5, 5.41) is 13.3. The van der Waals surface area contributed by atoms with Crippen LogP contribution in [0, 0.1) is 0 Å². The molecule has 4 nitrogen and oxygen atoms in total. The average Bonchev–Trinajstić information content (AvgIpc) is 2.54.